The number of likely N-dealkylation sites (N-methyl/N-ethyl adjacent to an activating group) is 1. The minimum atomic E-state index is 0.671. The van der Waals surface area contributed by atoms with Crippen LogP contribution >= 0.6 is 0 Å². The van der Waals surface area contributed by atoms with Gasteiger partial charge in [-0.05, 0) is 25.4 Å². The van der Waals surface area contributed by atoms with Crippen molar-refractivity contribution in [3.05, 3.63) is 18.2 Å². The van der Waals surface area contributed by atoms with Gasteiger partial charge in [-0.25, -0.2) is 4.98 Å². The predicted octanol–water partition coefficient (Wildman–Crippen LogP) is 2.46. The van der Waals surface area contributed by atoms with Crippen LogP contribution < -0.4 is 0 Å². The van der Waals surface area contributed by atoms with Crippen molar-refractivity contribution in [1.29, 1.82) is 0 Å². The highest BCUT2D eigenvalue weighted by atomic mass is 15.3. The van der Waals surface area contributed by atoms with E-state index in [2.05, 4.69) is 47.0 Å². The number of nitrogens with zero attached hydrogens (tertiary/aromatic N) is 4. The molecule has 0 aliphatic carbocycles. The van der Waals surface area contributed by atoms with Crippen LogP contribution in [0.1, 0.15) is 39.8 Å². The van der Waals surface area contributed by atoms with Crippen LogP contribution in [0.2, 0.25) is 0 Å². The monoisotopic (exact) mass is 278 g/mol. The van der Waals surface area contributed by atoms with E-state index in [1.807, 2.05) is 12.5 Å². The number of imidazole rings is 1. The average molecular weight is 278 g/mol. The normalized spacial score (nSPS) is 20.4. The van der Waals surface area contributed by atoms with Crippen LogP contribution in [0.5, 0.6) is 0 Å². The van der Waals surface area contributed by atoms with E-state index in [1.165, 1.54) is 38.3 Å². The fourth-order valence-electron chi connectivity index (χ4n) is 3.26. The van der Waals surface area contributed by atoms with E-state index in [1.54, 1.807) is 0 Å². The zero-order chi connectivity index (χ0) is 14.5. The fraction of sp³-hybridized carbons (Fsp3) is 0.812. The standard InChI is InChI=1S/C16H30N4/c1-5-19(6-2)15-7-8-18(11-15)12-16-9-17-13-20(16)10-14(3)4/h9,13-15H,5-8,10-12H2,1-4H3. The van der Waals surface area contributed by atoms with Crippen molar-refractivity contribution in [3.63, 3.8) is 0 Å². The first-order valence-corrected chi connectivity index (χ1v) is 8.09. The largest absolute Gasteiger partial charge is 0.333 e. The first kappa shape index (κ1) is 15.5. The van der Waals surface area contributed by atoms with Gasteiger partial charge in [-0.2, -0.15) is 0 Å². The summed E-state index contributed by atoms with van der Waals surface area (Å²) < 4.78 is 2.31. The van der Waals surface area contributed by atoms with Crippen molar-refractivity contribution < 1.29 is 0 Å². The van der Waals surface area contributed by atoms with Crippen LogP contribution in [0.4, 0.5) is 0 Å². The smallest absolute Gasteiger partial charge is 0.0948 e. The lowest BCUT2D eigenvalue weighted by molar-refractivity contribution is 0.207. The summed E-state index contributed by atoms with van der Waals surface area (Å²) in [5.74, 6) is 0.671. The van der Waals surface area contributed by atoms with Crippen LogP contribution in [0.25, 0.3) is 0 Å². The Morgan fingerprint density at radius 1 is 1.35 bits per heavy atom. The molecular formula is C16H30N4. The van der Waals surface area contributed by atoms with Gasteiger partial charge in [0.05, 0.1) is 12.0 Å². The molecule has 1 aliphatic heterocycles. The molecule has 0 saturated carbocycles. The van der Waals surface area contributed by atoms with E-state index >= 15 is 0 Å². The van der Waals surface area contributed by atoms with Crippen molar-refractivity contribution >= 4 is 0 Å². The summed E-state index contributed by atoms with van der Waals surface area (Å²) in [5, 5.41) is 0. The van der Waals surface area contributed by atoms with Gasteiger partial charge in [-0.1, -0.05) is 27.7 Å². The lowest BCUT2D eigenvalue weighted by Gasteiger charge is -2.26. The van der Waals surface area contributed by atoms with Gasteiger partial charge >= 0.3 is 0 Å². The van der Waals surface area contributed by atoms with E-state index < -0.39 is 0 Å². The molecule has 114 valence electrons. The summed E-state index contributed by atoms with van der Waals surface area (Å²) in [6, 6.07) is 0.742. The molecule has 1 aromatic heterocycles. The second-order valence-corrected chi connectivity index (χ2v) is 6.33. The lowest BCUT2D eigenvalue weighted by Crippen LogP contribution is -2.37. The molecule has 2 rings (SSSR count). The third kappa shape index (κ3) is 3.83. The first-order chi connectivity index (χ1) is 9.63. The Morgan fingerprint density at radius 2 is 2.10 bits per heavy atom. The molecule has 0 bridgehead atoms. The van der Waals surface area contributed by atoms with Crippen LogP contribution in [0.15, 0.2) is 12.5 Å². The molecule has 1 fully saturated rings. The highest BCUT2D eigenvalue weighted by molar-refractivity contribution is 5.00. The Bertz CT molecular complexity index is 395. The molecule has 0 amide bonds. The Labute approximate surface area is 123 Å². The summed E-state index contributed by atoms with van der Waals surface area (Å²) in [4.78, 5) is 9.50. The molecule has 1 aliphatic rings. The van der Waals surface area contributed by atoms with Gasteiger partial charge in [0.15, 0.2) is 0 Å². The molecule has 0 aromatic carbocycles. The summed E-state index contributed by atoms with van der Waals surface area (Å²) in [6.07, 6.45) is 5.32. The molecule has 1 unspecified atom stereocenters. The zero-order valence-corrected chi connectivity index (χ0v) is 13.5. The van der Waals surface area contributed by atoms with Crippen molar-refractivity contribution in [1.82, 2.24) is 19.4 Å². The highest BCUT2D eigenvalue weighted by Crippen LogP contribution is 2.18. The maximum Gasteiger partial charge on any atom is 0.0948 e. The van der Waals surface area contributed by atoms with Gasteiger partial charge in [0, 0.05) is 38.4 Å². The van der Waals surface area contributed by atoms with Crippen molar-refractivity contribution in [2.75, 3.05) is 26.2 Å². The molecule has 20 heavy (non-hydrogen) atoms. The van der Waals surface area contributed by atoms with Gasteiger partial charge in [0.1, 0.15) is 0 Å². The topological polar surface area (TPSA) is 24.3 Å². The molecule has 2 heterocycles. The number of hydrogen-bond acceptors (Lipinski definition) is 3. The van der Waals surface area contributed by atoms with Crippen LogP contribution in [-0.4, -0.2) is 51.6 Å². The molecule has 0 spiro atoms. The summed E-state index contributed by atoms with van der Waals surface area (Å²) >= 11 is 0. The zero-order valence-electron chi connectivity index (χ0n) is 13.5. The van der Waals surface area contributed by atoms with Crippen LogP contribution in [-0.2, 0) is 13.1 Å². The molecule has 4 heteroatoms. The Kier molecular flexibility index (Phi) is 5.61. The number of likely N-dealkylation sites (tertiary alicyclic amines) is 1. The van der Waals surface area contributed by atoms with Gasteiger partial charge in [0.2, 0.25) is 0 Å². The van der Waals surface area contributed by atoms with Crippen LogP contribution in [0, 0.1) is 5.92 Å². The third-order valence-corrected chi connectivity index (χ3v) is 4.32. The van der Waals surface area contributed by atoms with Crippen molar-refractivity contribution in [2.24, 2.45) is 5.92 Å². The summed E-state index contributed by atoms with van der Waals surface area (Å²) in [6.45, 7) is 15.9. The van der Waals surface area contributed by atoms with Gasteiger partial charge in [0.25, 0.3) is 0 Å². The summed E-state index contributed by atoms with van der Waals surface area (Å²) in [7, 11) is 0. The van der Waals surface area contributed by atoms with Crippen molar-refractivity contribution in [2.45, 2.75) is 53.2 Å². The Morgan fingerprint density at radius 3 is 2.75 bits per heavy atom. The average Bonchev–Trinajstić information content (AvgIpc) is 3.02. The van der Waals surface area contributed by atoms with Gasteiger partial charge in [-0.15, -0.1) is 0 Å². The number of aromatic nitrogens is 2. The number of hydrogen-bond donors (Lipinski definition) is 0. The molecule has 1 saturated heterocycles. The van der Waals surface area contributed by atoms with E-state index in [0.29, 0.717) is 5.92 Å². The maximum absolute atomic E-state index is 4.33. The predicted molar refractivity (Wildman–Crippen MR) is 83.7 cm³/mol. The fourth-order valence-corrected chi connectivity index (χ4v) is 3.26. The van der Waals surface area contributed by atoms with Gasteiger partial charge < -0.3 is 4.57 Å². The molecular weight excluding hydrogens is 248 g/mol. The summed E-state index contributed by atoms with van der Waals surface area (Å²) in [5.41, 5.74) is 1.36. The second-order valence-electron chi connectivity index (χ2n) is 6.33. The van der Waals surface area contributed by atoms with Crippen molar-refractivity contribution in [3.8, 4) is 0 Å². The molecule has 0 N–H and O–H groups in total. The van der Waals surface area contributed by atoms with E-state index in [4.69, 9.17) is 0 Å². The SMILES string of the molecule is CCN(CC)C1CCN(Cc2cncn2CC(C)C)C1. The minimum absolute atomic E-state index is 0.671. The molecule has 1 atom stereocenters. The van der Waals surface area contributed by atoms with E-state index in [0.717, 1.165) is 19.1 Å². The molecule has 4 nitrogen and oxygen atoms in total. The molecule has 0 radical (unpaired) electrons. The lowest BCUT2D eigenvalue weighted by atomic mass is 10.2. The first-order valence-electron chi connectivity index (χ1n) is 8.09. The molecule has 1 aromatic rings. The van der Waals surface area contributed by atoms with E-state index in [-0.39, 0.29) is 0 Å². The van der Waals surface area contributed by atoms with Gasteiger partial charge in [-0.3, -0.25) is 9.80 Å². The Balaban J connectivity index is 1.90. The quantitative estimate of drug-likeness (QED) is 0.766. The minimum Gasteiger partial charge on any atom is -0.333 e. The maximum atomic E-state index is 4.33. The Hall–Kier alpha value is -0.870. The number of rotatable bonds is 7. The van der Waals surface area contributed by atoms with E-state index in [9.17, 15) is 0 Å². The third-order valence-electron chi connectivity index (χ3n) is 4.32. The highest BCUT2D eigenvalue weighted by Gasteiger charge is 2.26. The van der Waals surface area contributed by atoms with Crippen LogP contribution in [0.3, 0.4) is 0 Å². The second kappa shape index (κ2) is 7.23.